The fourth-order valence-electron chi connectivity index (χ4n) is 4.51. The summed E-state index contributed by atoms with van der Waals surface area (Å²) in [5, 5.41) is 0.157. The molecule has 3 heterocycles. The van der Waals surface area contributed by atoms with Gasteiger partial charge in [0.25, 0.3) is 5.91 Å². The van der Waals surface area contributed by atoms with Crippen molar-refractivity contribution in [3.05, 3.63) is 81.0 Å². The number of quaternary nitrogens is 1. The van der Waals surface area contributed by atoms with Crippen LogP contribution in [0.3, 0.4) is 0 Å². The predicted octanol–water partition coefficient (Wildman–Crippen LogP) is 1.70. The number of carbonyl (C=O) groups excluding carboxylic acids is 1. The van der Waals surface area contributed by atoms with Crippen molar-refractivity contribution >= 4 is 16.9 Å². The zero-order chi connectivity index (χ0) is 21.5. The molecular weight excluding hydrogens is 399 g/mol. The molecule has 1 saturated heterocycles. The second-order valence-electron chi connectivity index (χ2n) is 8.24. The van der Waals surface area contributed by atoms with E-state index in [2.05, 4.69) is 0 Å². The maximum absolute atomic E-state index is 13.8. The number of nitrogens with zero attached hydrogens (tertiary/aromatic N) is 1. The maximum Gasteiger partial charge on any atom is 0.291 e. The summed E-state index contributed by atoms with van der Waals surface area (Å²) < 4.78 is 25.1. The predicted molar refractivity (Wildman–Crippen MR) is 113 cm³/mol. The highest BCUT2D eigenvalue weighted by molar-refractivity contribution is 5.99. The second-order valence-corrected chi connectivity index (χ2v) is 8.24. The minimum absolute atomic E-state index is 0.0617. The molecule has 5 rings (SSSR count). The molecule has 2 aliphatic rings. The van der Waals surface area contributed by atoms with E-state index in [1.54, 1.807) is 4.90 Å². The van der Waals surface area contributed by atoms with Gasteiger partial charge in [-0.1, -0.05) is 29.8 Å². The van der Waals surface area contributed by atoms with Gasteiger partial charge in [-0.3, -0.25) is 9.59 Å². The summed E-state index contributed by atoms with van der Waals surface area (Å²) >= 11 is 0. The molecule has 7 heteroatoms. The number of halogens is 1. The molecule has 3 aromatic rings. The number of rotatable bonds is 4. The van der Waals surface area contributed by atoms with Gasteiger partial charge in [-0.2, -0.15) is 0 Å². The summed E-state index contributed by atoms with van der Waals surface area (Å²) in [5.41, 5.74) is 2.10. The van der Waals surface area contributed by atoms with Crippen molar-refractivity contribution in [3.63, 3.8) is 0 Å². The number of hydrogen-bond acceptors (Lipinski definition) is 4. The van der Waals surface area contributed by atoms with Crippen LogP contribution < -0.4 is 10.3 Å². The van der Waals surface area contributed by atoms with Gasteiger partial charge in [0.15, 0.2) is 5.43 Å². The Bertz CT molecular complexity index is 1200. The number of fused-ring (bicyclic) bond motifs is 2. The van der Waals surface area contributed by atoms with E-state index in [9.17, 15) is 14.0 Å². The van der Waals surface area contributed by atoms with E-state index in [0.717, 1.165) is 30.8 Å². The van der Waals surface area contributed by atoms with Gasteiger partial charge in [0.05, 0.1) is 43.3 Å². The fraction of sp³-hybridized carbons (Fsp3) is 0.333. The molecule has 160 valence electrons. The summed E-state index contributed by atoms with van der Waals surface area (Å²) in [7, 11) is 0. The van der Waals surface area contributed by atoms with Crippen molar-refractivity contribution in [2.24, 2.45) is 0 Å². The van der Waals surface area contributed by atoms with E-state index in [1.165, 1.54) is 23.1 Å². The van der Waals surface area contributed by atoms with Crippen LogP contribution in [0.2, 0.25) is 0 Å². The van der Waals surface area contributed by atoms with Gasteiger partial charge in [-0.25, -0.2) is 4.39 Å². The molecule has 0 radical (unpaired) electrons. The van der Waals surface area contributed by atoms with E-state index in [-0.39, 0.29) is 28.1 Å². The summed E-state index contributed by atoms with van der Waals surface area (Å²) in [5.74, 6) is -0.744. The number of hydrogen-bond donors (Lipinski definition) is 1. The van der Waals surface area contributed by atoms with E-state index in [4.69, 9.17) is 9.15 Å². The van der Waals surface area contributed by atoms with Gasteiger partial charge >= 0.3 is 0 Å². The number of ether oxygens (including phenoxy) is 1. The topological polar surface area (TPSA) is 64.2 Å². The normalized spacial score (nSPS) is 19.2. The Morgan fingerprint density at radius 3 is 2.58 bits per heavy atom. The van der Waals surface area contributed by atoms with Crippen molar-refractivity contribution in [1.82, 2.24) is 4.90 Å². The number of benzene rings is 2. The summed E-state index contributed by atoms with van der Waals surface area (Å²) in [6.07, 6.45) is 0. The number of nitrogens with one attached hydrogen (secondary N) is 1. The highest BCUT2D eigenvalue weighted by atomic mass is 19.1. The van der Waals surface area contributed by atoms with Crippen LogP contribution in [-0.4, -0.2) is 50.2 Å². The van der Waals surface area contributed by atoms with Crippen LogP contribution in [0.5, 0.6) is 0 Å². The SMILES string of the molecule is Cc1ccc([C@@H]2c3c(oc4ccc(F)cc4c3=O)C(=O)N2CC[NH+]2CCOCC2)cc1. The monoisotopic (exact) mass is 423 g/mol. The van der Waals surface area contributed by atoms with Crippen molar-refractivity contribution < 1.29 is 23.2 Å². The summed E-state index contributed by atoms with van der Waals surface area (Å²) in [6, 6.07) is 11.1. The quantitative estimate of drug-likeness (QED) is 0.694. The second kappa shape index (κ2) is 7.90. The molecule has 1 atom stereocenters. The first kappa shape index (κ1) is 19.9. The summed E-state index contributed by atoms with van der Waals surface area (Å²) in [6.45, 7) is 6.44. The molecule has 0 spiro atoms. The first-order valence-corrected chi connectivity index (χ1v) is 10.6. The molecule has 2 aromatic carbocycles. The van der Waals surface area contributed by atoms with Crippen LogP contribution in [0.25, 0.3) is 11.0 Å². The average Bonchev–Trinajstić information content (AvgIpc) is 3.06. The van der Waals surface area contributed by atoms with Gasteiger partial charge in [-0.15, -0.1) is 0 Å². The third-order valence-corrected chi connectivity index (χ3v) is 6.23. The molecule has 0 unspecified atom stereocenters. The lowest BCUT2D eigenvalue weighted by Gasteiger charge is -2.29. The number of aryl methyl sites for hydroxylation is 1. The smallest absolute Gasteiger partial charge is 0.291 e. The maximum atomic E-state index is 13.8. The van der Waals surface area contributed by atoms with Crippen LogP contribution >= 0.6 is 0 Å². The molecule has 2 aliphatic heterocycles. The van der Waals surface area contributed by atoms with Crippen LogP contribution in [0.1, 0.15) is 33.3 Å². The number of carbonyl (C=O) groups is 1. The minimum Gasteiger partial charge on any atom is -0.450 e. The lowest BCUT2D eigenvalue weighted by atomic mass is 9.97. The van der Waals surface area contributed by atoms with Gasteiger partial charge < -0.3 is 19.0 Å². The van der Waals surface area contributed by atoms with Crippen LogP contribution in [-0.2, 0) is 4.74 Å². The van der Waals surface area contributed by atoms with Crippen molar-refractivity contribution in [2.75, 3.05) is 39.4 Å². The molecule has 6 nitrogen and oxygen atoms in total. The van der Waals surface area contributed by atoms with Crippen molar-refractivity contribution in [1.29, 1.82) is 0 Å². The zero-order valence-corrected chi connectivity index (χ0v) is 17.3. The van der Waals surface area contributed by atoms with Crippen molar-refractivity contribution in [2.45, 2.75) is 13.0 Å². The summed E-state index contributed by atoms with van der Waals surface area (Å²) in [4.78, 5) is 29.8. The van der Waals surface area contributed by atoms with E-state index < -0.39 is 11.9 Å². The first-order valence-electron chi connectivity index (χ1n) is 10.6. The lowest BCUT2D eigenvalue weighted by Crippen LogP contribution is -3.14. The minimum atomic E-state index is -0.549. The first-order chi connectivity index (χ1) is 15.0. The molecule has 1 amide bonds. The van der Waals surface area contributed by atoms with Gasteiger partial charge in [-0.05, 0) is 30.7 Å². The number of amides is 1. The van der Waals surface area contributed by atoms with Crippen molar-refractivity contribution in [3.8, 4) is 0 Å². The highest BCUT2D eigenvalue weighted by Gasteiger charge is 2.43. The van der Waals surface area contributed by atoms with Crippen LogP contribution in [0.4, 0.5) is 4.39 Å². The van der Waals surface area contributed by atoms with Gasteiger partial charge in [0.2, 0.25) is 5.76 Å². The Balaban J connectivity index is 1.60. The largest absolute Gasteiger partial charge is 0.450 e. The fourth-order valence-corrected chi connectivity index (χ4v) is 4.51. The van der Waals surface area contributed by atoms with E-state index in [1.807, 2.05) is 31.2 Å². The van der Waals surface area contributed by atoms with Gasteiger partial charge in [0, 0.05) is 0 Å². The van der Waals surface area contributed by atoms with E-state index in [0.29, 0.717) is 25.3 Å². The van der Waals surface area contributed by atoms with Gasteiger partial charge in [0.1, 0.15) is 24.5 Å². The molecule has 0 saturated carbocycles. The van der Waals surface area contributed by atoms with E-state index >= 15 is 0 Å². The standard InChI is InChI=1S/C24H23FN2O4/c1-15-2-4-16(5-3-15)21-20-22(28)18-14-17(25)6-7-19(18)31-23(20)24(29)27(21)9-8-26-10-12-30-13-11-26/h2-7,14,21H,8-13H2,1H3/p+1/t21-/m1/s1. The zero-order valence-electron chi connectivity index (χ0n) is 17.3. The Kier molecular flexibility index (Phi) is 5.08. The van der Waals surface area contributed by atoms with Crippen LogP contribution in [0.15, 0.2) is 51.7 Å². The molecular formula is C24H24FN2O4+. The molecule has 0 aliphatic carbocycles. The molecule has 1 N–H and O–H groups in total. The Morgan fingerprint density at radius 2 is 1.84 bits per heavy atom. The third kappa shape index (κ3) is 3.54. The molecule has 0 bridgehead atoms. The Hall–Kier alpha value is -3.03. The van der Waals surface area contributed by atoms with Crippen LogP contribution in [0, 0.1) is 12.7 Å². The Morgan fingerprint density at radius 1 is 1.10 bits per heavy atom. The average molecular weight is 423 g/mol. The molecule has 1 fully saturated rings. The molecule has 1 aromatic heterocycles. The lowest BCUT2D eigenvalue weighted by molar-refractivity contribution is -0.907. The molecule has 31 heavy (non-hydrogen) atoms. The highest BCUT2D eigenvalue weighted by Crippen LogP contribution is 2.37. The Labute approximate surface area is 178 Å². The number of morpholine rings is 1. The third-order valence-electron chi connectivity index (χ3n) is 6.23.